The summed E-state index contributed by atoms with van der Waals surface area (Å²) in [6, 6.07) is 8.53. The topological polar surface area (TPSA) is 42.3 Å². The van der Waals surface area contributed by atoms with Gasteiger partial charge in [0.05, 0.1) is 11.3 Å². The third kappa shape index (κ3) is 4.37. The first-order valence-electron chi connectivity index (χ1n) is 7.56. The zero-order valence-electron chi connectivity index (χ0n) is 12.9. The lowest BCUT2D eigenvalue weighted by Crippen LogP contribution is -2.46. The van der Waals surface area contributed by atoms with Gasteiger partial charge in [0.1, 0.15) is 6.07 Å². The van der Waals surface area contributed by atoms with Crippen LogP contribution in [-0.4, -0.2) is 57.0 Å². The predicted molar refractivity (Wildman–Crippen MR) is 90.1 cm³/mol. The van der Waals surface area contributed by atoms with Gasteiger partial charge in [0.2, 0.25) is 0 Å². The fraction of sp³-hybridized carbons (Fsp3) is 0.562. The summed E-state index contributed by atoms with van der Waals surface area (Å²) in [6.07, 6.45) is 0. The normalized spacial score (nSPS) is 15.7. The first-order chi connectivity index (χ1) is 10.3. The van der Waals surface area contributed by atoms with Crippen molar-refractivity contribution in [2.24, 2.45) is 0 Å². The number of nitriles is 1. The van der Waals surface area contributed by atoms with Gasteiger partial charge in [0.15, 0.2) is 0 Å². The smallest absolute Gasteiger partial charge is 0.103 e. The van der Waals surface area contributed by atoms with E-state index in [1.807, 2.05) is 6.07 Å². The molecule has 0 bridgehead atoms. The Hall–Kier alpha value is -1.22. The molecule has 114 valence electrons. The summed E-state index contributed by atoms with van der Waals surface area (Å²) < 4.78 is 0. The van der Waals surface area contributed by atoms with Crippen molar-refractivity contribution >= 4 is 17.4 Å². The van der Waals surface area contributed by atoms with Gasteiger partial charge in [-0.15, -0.1) is 11.8 Å². The summed E-state index contributed by atoms with van der Waals surface area (Å²) in [6.45, 7) is 8.51. The lowest BCUT2D eigenvalue weighted by atomic mass is 10.2. The Kier molecular flexibility index (Phi) is 6.37. The fourth-order valence-electron chi connectivity index (χ4n) is 2.57. The summed E-state index contributed by atoms with van der Waals surface area (Å²) in [5.74, 6) is 0.989. The third-order valence-corrected chi connectivity index (χ3v) is 4.73. The molecule has 0 aliphatic carbocycles. The molecule has 0 radical (unpaired) electrons. The van der Waals surface area contributed by atoms with Gasteiger partial charge in [-0.25, -0.2) is 0 Å². The Morgan fingerprint density at radius 3 is 2.81 bits per heavy atom. The number of likely N-dealkylation sites (N-methyl/N-ethyl adjacent to an activating group) is 1. The van der Waals surface area contributed by atoms with Crippen LogP contribution in [0.15, 0.2) is 23.1 Å². The Labute approximate surface area is 132 Å². The highest BCUT2D eigenvalue weighted by Crippen LogP contribution is 2.29. The van der Waals surface area contributed by atoms with Crippen LogP contribution in [0.4, 0.5) is 5.69 Å². The van der Waals surface area contributed by atoms with Gasteiger partial charge in [-0.2, -0.15) is 5.26 Å². The van der Waals surface area contributed by atoms with E-state index in [2.05, 4.69) is 47.3 Å². The van der Waals surface area contributed by atoms with E-state index in [1.165, 1.54) is 0 Å². The summed E-state index contributed by atoms with van der Waals surface area (Å²) >= 11 is 1.74. The maximum Gasteiger partial charge on any atom is 0.103 e. The molecule has 1 heterocycles. The molecule has 0 unspecified atom stereocenters. The molecule has 0 aromatic heterocycles. The molecule has 0 amide bonds. The van der Waals surface area contributed by atoms with Crippen molar-refractivity contribution < 1.29 is 0 Å². The predicted octanol–water partition coefficient (Wildman–Crippen LogP) is 2.01. The second kappa shape index (κ2) is 8.28. The lowest BCUT2D eigenvalue weighted by molar-refractivity contribution is 0.246. The van der Waals surface area contributed by atoms with Crippen LogP contribution in [0, 0.1) is 11.3 Å². The number of nitrogens with zero attached hydrogens (tertiary/aromatic N) is 3. The molecular weight excluding hydrogens is 280 g/mol. The number of benzene rings is 1. The van der Waals surface area contributed by atoms with Gasteiger partial charge < -0.3 is 10.2 Å². The van der Waals surface area contributed by atoms with Crippen LogP contribution in [0.25, 0.3) is 0 Å². The van der Waals surface area contributed by atoms with E-state index in [-0.39, 0.29) is 0 Å². The quantitative estimate of drug-likeness (QED) is 0.814. The molecule has 1 aliphatic heterocycles. The van der Waals surface area contributed by atoms with E-state index in [0.717, 1.165) is 61.2 Å². The molecule has 21 heavy (non-hydrogen) atoms. The fourth-order valence-corrected chi connectivity index (χ4v) is 3.35. The molecule has 1 saturated heterocycles. The number of piperazine rings is 1. The molecule has 1 aromatic carbocycles. The van der Waals surface area contributed by atoms with Crippen molar-refractivity contribution in [2.75, 3.05) is 57.0 Å². The first kappa shape index (κ1) is 16.2. The number of nitrogens with one attached hydrogen (secondary N) is 1. The molecule has 1 N–H and O–H groups in total. The van der Waals surface area contributed by atoms with Gasteiger partial charge in [-0.05, 0) is 17.9 Å². The summed E-state index contributed by atoms with van der Waals surface area (Å²) in [4.78, 5) is 5.77. The van der Waals surface area contributed by atoms with Crippen LogP contribution in [0.5, 0.6) is 0 Å². The minimum absolute atomic E-state index is 0.812. The molecular formula is C16H24N4S. The molecule has 0 saturated carbocycles. The highest BCUT2D eigenvalue weighted by atomic mass is 32.2. The number of hydrogen-bond acceptors (Lipinski definition) is 5. The standard InChI is InChI=1S/C16H24N4S/c1-3-21-16-6-4-5-15(14(16)13-17)19(2)11-12-20-9-7-18-8-10-20/h4-6,18H,3,7-12H2,1-2H3. The first-order valence-corrected chi connectivity index (χ1v) is 8.55. The highest BCUT2D eigenvalue weighted by Gasteiger charge is 2.14. The van der Waals surface area contributed by atoms with Gasteiger partial charge in [0, 0.05) is 51.2 Å². The van der Waals surface area contributed by atoms with Crippen LogP contribution < -0.4 is 10.2 Å². The van der Waals surface area contributed by atoms with E-state index < -0.39 is 0 Å². The minimum Gasteiger partial charge on any atom is -0.372 e. The van der Waals surface area contributed by atoms with E-state index in [1.54, 1.807) is 11.8 Å². The second-order valence-electron chi connectivity index (χ2n) is 5.21. The Morgan fingerprint density at radius 1 is 1.38 bits per heavy atom. The van der Waals surface area contributed by atoms with E-state index in [0.29, 0.717) is 0 Å². The van der Waals surface area contributed by atoms with Gasteiger partial charge in [0.25, 0.3) is 0 Å². The van der Waals surface area contributed by atoms with Crippen LogP contribution in [0.1, 0.15) is 12.5 Å². The van der Waals surface area contributed by atoms with Crippen molar-refractivity contribution in [2.45, 2.75) is 11.8 Å². The van der Waals surface area contributed by atoms with Crippen molar-refractivity contribution in [3.8, 4) is 6.07 Å². The maximum absolute atomic E-state index is 9.48. The van der Waals surface area contributed by atoms with E-state index in [9.17, 15) is 5.26 Å². The second-order valence-corrected chi connectivity index (χ2v) is 6.51. The number of rotatable bonds is 6. The molecule has 2 rings (SSSR count). The van der Waals surface area contributed by atoms with Crippen molar-refractivity contribution in [3.63, 3.8) is 0 Å². The van der Waals surface area contributed by atoms with E-state index >= 15 is 0 Å². The van der Waals surface area contributed by atoms with Crippen LogP contribution in [-0.2, 0) is 0 Å². The molecule has 0 spiro atoms. The van der Waals surface area contributed by atoms with Crippen LogP contribution >= 0.6 is 11.8 Å². The number of hydrogen-bond donors (Lipinski definition) is 1. The largest absolute Gasteiger partial charge is 0.372 e. The summed E-state index contributed by atoms with van der Waals surface area (Å²) in [5.41, 5.74) is 1.86. The molecule has 4 nitrogen and oxygen atoms in total. The molecule has 0 atom stereocenters. The Bertz CT molecular complexity index is 492. The molecule has 5 heteroatoms. The SMILES string of the molecule is CCSc1cccc(N(C)CCN2CCNCC2)c1C#N. The summed E-state index contributed by atoms with van der Waals surface area (Å²) in [7, 11) is 2.08. The average Bonchev–Trinajstić information content (AvgIpc) is 2.53. The summed E-state index contributed by atoms with van der Waals surface area (Å²) in [5, 5.41) is 12.9. The number of anilines is 1. The monoisotopic (exact) mass is 304 g/mol. The zero-order valence-corrected chi connectivity index (χ0v) is 13.7. The van der Waals surface area contributed by atoms with E-state index in [4.69, 9.17) is 0 Å². The van der Waals surface area contributed by atoms with Crippen molar-refractivity contribution in [3.05, 3.63) is 23.8 Å². The van der Waals surface area contributed by atoms with Gasteiger partial charge >= 0.3 is 0 Å². The number of thioether (sulfide) groups is 1. The van der Waals surface area contributed by atoms with Crippen molar-refractivity contribution in [1.29, 1.82) is 5.26 Å². The van der Waals surface area contributed by atoms with Crippen LogP contribution in [0.2, 0.25) is 0 Å². The highest BCUT2D eigenvalue weighted by molar-refractivity contribution is 7.99. The Balaban J connectivity index is 2.02. The maximum atomic E-state index is 9.48. The zero-order chi connectivity index (χ0) is 15.1. The third-order valence-electron chi connectivity index (χ3n) is 3.79. The molecule has 1 aliphatic rings. The molecule has 1 fully saturated rings. The lowest BCUT2D eigenvalue weighted by Gasteiger charge is -2.30. The van der Waals surface area contributed by atoms with Gasteiger partial charge in [-0.1, -0.05) is 13.0 Å². The average molecular weight is 304 g/mol. The Morgan fingerprint density at radius 2 is 2.14 bits per heavy atom. The van der Waals surface area contributed by atoms with Gasteiger partial charge in [-0.3, -0.25) is 4.90 Å². The molecule has 1 aromatic rings. The van der Waals surface area contributed by atoms with Crippen molar-refractivity contribution in [1.82, 2.24) is 10.2 Å². The van der Waals surface area contributed by atoms with Crippen LogP contribution in [0.3, 0.4) is 0 Å². The minimum atomic E-state index is 0.812.